The molecule has 0 unspecified atom stereocenters. The molecule has 0 spiro atoms. The standard InChI is InChI=1S/C11H12N6/c1-5-12-10(13-6-1)17-11-14-7-4-9(16-11)15-8-2-3-8/h1,4-8H,2-3H2,(H2,12,13,14,15,16,17). The molecule has 2 aromatic rings. The molecular weight excluding hydrogens is 216 g/mol. The first kappa shape index (κ1) is 9.95. The molecule has 0 saturated heterocycles. The highest BCUT2D eigenvalue weighted by Crippen LogP contribution is 2.23. The third kappa shape index (κ3) is 2.66. The summed E-state index contributed by atoms with van der Waals surface area (Å²) >= 11 is 0. The summed E-state index contributed by atoms with van der Waals surface area (Å²) < 4.78 is 0. The predicted molar refractivity (Wildman–Crippen MR) is 64.0 cm³/mol. The molecule has 0 atom stereocenters. The molecule has 6 nitrogen and oxygen atoms in total. The van der Waals surface area contributed by atoms with Crippen LogP contribution in [-0.2, 0) is 0 Å². The molecule has 0 bridgehead atoms. The highest BCUT2D eigenvalue weighted by atomic mass is 15.2. The zero-order valence-electron chi connectivity index (χ0n) is 9.17. The van der Waals surface area contributed by atoms with Gasteiger partial charge in [-0.1, -0.05) is 0 Å². The van der Waals surface area contributed by atoms with Gasteiger partial charge in [-0.2, -0.15) is 4.98 Å². The first-order chi connectivity index (χ1) is 8.40. The van der Waals surface area contributed by atoms with Gasteiger partial charge in [0.25, 0.3) is 0 Å². The summed E-state index contributed by atoms with van der Waals surface area (Å²) in [4.78, 5) is 16.6. The van der Waals surface area contributed by atoms with Gasteiger partial charge in [0, 0.05) is 24.6 Å². The zero-order valence-corrected chi connectivity index (χ0v) is 9.17. The van der Waals surface area contributed by atoms with Crippen molar-refractivity contribution < 1.29 is 0 Å². The van der Waals surface area contributed by atoms with Gasteiger partial charge in [-0.05, 0) is 25.0 Å². The van der Waals surface area contributed by atoms with Gasteiger partial charge in [-0.15, -0.1) is 0 Å². The second-order valence-electron chi connectivity index (χ2n) is 3.88. The Bertz CT molecular complexity index is 496. The number of aromatic nitrogens is 4. The molecule has 0 radical (unpaired) electrons. The lowest BCUT2D eigenvalue weighted by Gasteiger charge is -2.05. The Kier molecular flexibility index (Phi) is 2.53. The van der Waals surface area contributed by atoms with Gasteiger partial charge in [-0.25, -0.2) is 15.0 Å². The molecule has 17 heavy (non-hydrogen) atoms. The Morgan fingerprint density at radius 3 is 2.53 bits per heavy atom. The quantitative estimate of drug-likeness (QED) is 0.827. The average Bonchev–Trinajstić information content (AvgIpc) is 3.15. The molecule has 0 aliphatic heterocycles. The third-order valence-electron chi connectivity index (χ3n) is 2.37. The van der Waals surface area contributed by atoms with E-state index < -0.39 is 0 Å². The Labute approximate surface area is 98.6 Å². The molecule has 2 aromatic heterocycles. The van der Waals surface area contributed by atoms with E-state index in [-0.39, 0.29) is 0 Å². The number of nitrogens with zero attached hydrogens (tertiary/aromatic N) is 4. The van der Waals surface area contributed by atoms with Crippen LogP contribution >= 0.6 is 0 Å². The summed E-state index contributed by atoms with van der Waals surface area (Å²) in [5.74, 6) is 1.83. The van der Waals surface area contributed by atoms with Crippen molar-refractivity contribution in [2.45, 2.75) is 18.9 Å². The van der Waals surface area contributed by atoms with Gasteiger partial charge in [0.05, 0.1) is 0 Å². The maximum atomic E-state index is 4.33. The van der Waals surface area contributed by atoms with Gasteiger partial charge >= 0.3 is 0 Å². The van der Waals surface area contributed by atoms with Gasteiger partial charge in [0.2, 0.25) is 11.9 Å². The lowest BCUT2D eigenvalue weighted by Crippen LogP contribution is -2.06. The van der Waals surface area contributed by atoms with Crippen LogP contribution in [0.4, 0.5) is 17.7 Å². The molecule has 0 amide bonds. The SMILES string of the molecule is c1cnc(Nc2nccc(NC3CC3)n2)nc1. The first-order valence-electron chi connectivity index (χ1n) is 5.54. The maximum absolute atomic E-state index is 4.33. The number of nitrogens with one attached hydrogen (secondary N) is 2. The molecule has 2 N–H and O–H groups in total. The lowest BCUT2D eigenvalue weighted by molar-refractivity contribution is 1.07. The maximum Gasteiger partial charge on any atom is 0.231 e. The summed E-state index contributed by atoms with van der Waals surface area (Å²) in [7, 11) is 0. The Hall–Kier alpha value is -2.24. The molecule has 6 heteroatoms. The number of anilines is 3. The van der Waals surface area contributed by atoms with Crippen molar-refractivity contribution in [2.75, 3.05) is 10.6 Å². The number of rotatable bonds is 4. The zero-order chi connectivity index (χ0) is 11.5. The topological polar surface area (TPSA) is 75.6 Å². The van der Waals surface area contributed by atoms with E-state index >= 15 is 0 Å². The molecular formula is C11H12N6. The molecule has 1 fully saturated rings. The van der Waals surface area contributed by atoms with E-state index in [2.05, 4.69) is 30.6 Å². The highest BCUT2D eigenvalue weighted by Gasteiger charge is 2.21. The van der Waals surface area contributed by atoms with Crippen molar-refractivity contribution in [3.63, 3.8) is 0 Å². The van der Waals surface area contributed by atoms with Crippen LogP contribution in [0.3, 0.4) is 0 Å². The van der Waals surface area contributed by atoms with E-state index in [0.29, 0.717) is 17.9 Å². The van der Waals surface area contributed by atoms with Crippen molar-refractivity contribution in [3.8, 4) is 0 Å². The minimum absolute atomic E-state index is 0.496. The summed E-state index contributed by atoms with van der Waals surface area (Å²) in [6.07, 6.45) is 7.48. The van der Waals surface area contributed by atoms with Crippen molar-refractivity contribution in [1.82, 2.24) is 19.9 Å². The minimum Gasteiger partial charge on any atom is -0.367 e. The monoisotopic (exact) mass is 228 g/mol. The minimum atomic E-state index is 0.496. The fourth-order valence-electron chi connectivity index (χ4n) is 1.40. The van der Waals surface area contributed by atoms with Crippen LogP contribution < -0.4 is 10.6 Å². The van der Waals surface area contributed by atoms with Crippen LogP contribution in [0.5, 0.6) is 0 Å². The summed E-state index contributed by atoms with van der Waals surface area (Å²) in [6, 6.07) is 4.19. The van der Waals surface area contributed by atoms with Gasteiger partial charge < -0.3 is 5.32 Å². The van der Waals surface area contributed by atoms with Crippen molar-refractivity contribution in [1.29, 1.82) is 0 Å². The van der Waals surface area contributed by atoms with Gasteiger partial charge in [-0.3, -0.25) is 5.32 Å². The van der Waals surface area contributed by atoms with Crippen LogP contribution in [0.2, 0.25) is 0 Å². The predicted octanol–water partition coefficient (Wildman–Crippen LogP) is 1.58. The molecule has 2 heterocycles. The third-order valence-corrected chi connectivity index (χ3v) is 2.37. The van der Waals surface area contributed by atoms with Crippen LogP contribution in [0.25, 0.3) is 0 Å². The summed E-state index contributed by atoms with van der Waals surface area (Å²) in [5, 5.41) is 6.26. The lowest BCUT2D eigenvalue weighted by atomic mass is 10.5. The highest BCUT2D eigenvalue weighted by molar-refractivity contribution is 5.47. The largest absolute Gasteiger partial charge is 0.367 e. The Balaban J connectivity index is 1.73. The molecule has 86 valence electrons. The first-order valence-corrected chi connectivity index (χ1v) is 5.54. The van der Waals surface area contributed by atoms with E-state index in [1.807, 2.05) is 6.07 Å². The van der Waals surface area contributed by atoms with Crippen LogP contribution in [0.15, 0.2) is 30.7 Å². The fourth-order valence-corrected chi connectivity index (χ4v) is 1.40. The van der Waals surface area contributed by atoms with Crippen molar-refractivity contribution in [2.24, 2.45) is 0 Å². The summed E-state index contributed by atoms with van der Waals surface area (Å²) in [5.41, 5.74) is 0. The second-order valence-corrected chi connectivity index (χ2v) is 3.88. The van der Waals surface area contributed by atoms with Crippen molar-refractivity contribution in [3.05, 3.63) is 30.7 Å². The molecule has 1 saturated carbocycles. The number of hydrogen-bond acceptors (Lipinski definition) is 6. The van der Waals surface area contributed by atoms with Crippen LogP contribution in [0, 0.1) is 0 Å². The fraction of sp³-hybridized carbons (Fsp3) is 0.273. The van der Waals surface area contributed by atoms with E-state index in [9.17, 15) is 0 Å². The molecule has 0 aromatic carbocycles. The van der Waals surface area contributed by atoms with E-state index in [0.717, 1.165) is 5.82 Å². The molecule has 1 aliphatic carbocycles. The second kappa shape index (κ2) is 4.32. The molecule has 3 rings (SSSR count). The normalized spacial score (nSPS) is 14.4. The van der Waals surface area contributed by atoms with Gasteiger partial charge in [0.15, 0.2) is 0 Å². The smallest absolute Gasteiger partial charge is 0.231 e. The van der Waals surface area contributed by atoms with E-state index in [4.69, 9.17) is 0 Å². The summed E-state index contributed by atoms with van der Waals surface area (Å²) in [6.45, 7) is 0. The van der Waals surface area contributed by atoms with Crippen LogP contribution in [0.1, 0.15) is 12.8 Å². The Morgan fingerprint density at radius 2 is 1.76 bits per heavy atom. The van der Waals surface area contributed by atoms with E-state index in [1.165, 1.54) is 12.8 Å². The number of hydrogen-bond donors (Lipinski definition) is 2. The van der Waals surface area contributed by atoms with Gasteiger partial charge in [0.1, 0.15) is 5.82 Å². The molecule has 1 aliphatic rings. The average molecular weight is 228 g/mol. The Morgan fingerprint density at radius 1 is 1.00 bits per heavy atom. The van der Waals surface area contributed by atoms with E-state index in [1.54, 1.807) is 24.7 Å². The van der Waals surface area contributed by atoms with Crippen LogP contribution in [-0.4, -0.2) is 26.0 Å². The van der Waals surface area contributed by atoms with Crippen molar-refractivity contribution >= 4 is 17.7 Å².